The molecule has 1 unspecified atom stereocenters. The van der Waals surface area contributed by atoms with Gasteiger partial charge < -0.3 is 19.7 Å². The first-order chi connectivity index (χ1) is 8.08. The minimum Gasteiger partial charge on any atom is -0.484 e. The molecule has 1 fully saturated rings. The number of rotatable bonds is 4. The van der Waals surface area contributed by atoms with Crippen molar-refractivity contribution < 1.29 is 24.5 Å². The molecule has 0 amide bonds. The van der Waals surface area contributed by atoms with Crippen molar-refractivity contribution in [1.82, 2.24) is 0 Å². The van der Waals surface area contributed by atoms with Gasteiger partial charge in [-0.2, -0.15) is 0 Å². The fourth-order valence-electron chi connectivity index (χ4n) is 1.39. The Kier molecular flexibility index (Phi) is 3.51. The molecular formula is C11H11ClO5. The van der Waals surface area contributed by atoms with Crippen molar-refractivity contribution in [2.45, 2.75) is 12.2 Å². The fraction of sp³-hybridized carbons (Fsp3) is 0.364. The van der Waals surface area contributed by atoms with Crippen LogP contribution >= 0.6 is 11.6 Å². The third-order valence-corrected chi connectivity index (χ3v) is 2.70. The Morgan fingerprint density at radius 1 is 1.53 bits per heavy atom. The normalized spacial score (nSPS) is 17.3. The summed E-state index contributed by atoms with van der Waals surface area (Å²) in [6.45, 7) is 1.05. The molecule has 0 radical (unpaired) electrons. The molecule has 0 spiro atoms. The van der Waals surface area contributed by atoms with E-state index < -0.39 is 12.1 Å². The minimum atomic E-state index is -1.58. The van der Waals surface area contributed by atoms with Crippen LogP contribution in [0.15, 0.2) is 18.2 Å². The number of carboxylic acids is 1. The van der Waals surface area contributed by atoms with Crippen LogP contribution in [-0.4, -0.2) is 35.5 Å². The van der Waals surface area contributed by atoms with Crippen LogP contribution in [0, 0.1) is 0 Å². The van der Waals surface area contributed by atoms with Crippen molar-refractivity contribution in [3.8, 4) is 5.75 Å². The number of aliphatic hydroxyl groups is 1. The average molecular weight is 259 g/mol. The zero-order valence-electron chi connectivity index (χ0n) is 8.80. The van der Waals surface area contributed by atoms with Gasteiger partial charge in [-0.1, -0.05) is 17.7 Å². The number of carboxylic acid groups (broad SMARTS) is 1. The topological polar surface area (TPSA) is 76.0 Å². The summed E-state index contributed by atoms with van der Waals surface area (Å²) in [6.07, 6.45) is -1.59. The van der Waals surface area contributed by atoms with E-state index in [1.807, 2.05) is 0 Å². The highest BCUT2D eigenvalue weighted by atomic mass is 35.5. The van der Waals surface area contributed by atoms with Gasteiger partial charge in [-0.25, -0.2) is 4.79 Å². The van der Waals surface area contributed by atoms with Gasteiger partial charge in [-0.15, -0.1) is 0 Å². The molecule has 1 heterocycles. The molecule has 92 valence electrons. The van der Waals surface area contributed by atoms with Crippen LogP contribution < -0.4 is 4.74 Å². The van der Waals surface area contributed by atoms with Gasteiger partial charge in [0.1, 0.15) is 11.9 Å². The number of aliphatic carboxylic acids is 1. The van der Waals surface area contributed by atoms with Gasteiger partial charge in [-0.3, -0.25) is 0 Å². The number of hydrogen-bond donors (Lipinski definition) is 2. The molecule has 2 rings (SSSR count). The molecule has 0 saturated carbocycles. The van der Waals surface area contributed by atoms with Crippen LogP contribution in [0.4, 0.5) is 0 Å². The van der Waals surface area contributed by atoms with E-state index >= 15 is 0 Å². The van der Waals surface area contributed by atoms with Crippen molar-refractivity contribution in [2.75, 3.05) is 13.2 Å². The molecule has 2 N–H and O–H groups in total. The molecule has 17 heavy (non-hydrogen) atoms. The number of halogens is 1. The largest absolute Gasteiger partial charge is 0.484 e. The standard InChI is InChI=1S/C11H11ClO5/c12-8-3-6(10(13)11(14)15)1-2-9(8)17-7-4-16-5-7/h1-3,7,10,13H,4-5H2,(H,14,15). The number of hydrogen-bond acceptors (Lipinski definition) is 4. The van der Waals surface area contributed by atoms with E-state index in [4.69, 9.17) is 26.2 Å². The van der Waals surface area contributed by atoms with Crippen LogP contribution in [0.2, 0.25) is 5.02 Å². The summed E-state index contributed by atoms with van der Waals surface area (Å²) >= 11 is 5.93. The predicted octanol–water partition coefficient (Wildman–Crippen LogP) is 1.24. The van der Waals surface area contributed by atoms with E-state index in [0.717, 1.165) is 0 Å². The average Bonchev–Trinajstić information content (AvgIpc) is 2.23. The third-order valence-electron chi connectivity index (χ3n) is 2.41. The zero-order chi connectivity index (χ0) is 12.4. The summed E-state index contributed by atoms with van der Waals surface area (Å²) in [5.74, 6) is -0.858. The van der Waals surface area contributed by atoms with Crippen LogP contribution in [0.1, 0.15) is 11.7 Å². The SMILES string of the molecule is O=C(O)C(O)c1ccc(OC2COC2)c(Cl)c1. The maximum absolute atomic E-state index is 10.6. The molecule has 0 aliphatic carbocycles. The van der Waals surface area contributed by atoms with E-state index in [2.05, 4.69) is 0 Å². The molecule has 1 aliphatic heterocycles. The Hall–Kier alpha value is -1.30. The molecule has 1 aromatic rings. The van der Waals surface area contributed by atoms with E-state index in [1.165, 1.54) is 12.1 Å². The molecule has 1 saturated heterocycles. The second-order valence-electron chi connectivity index (χ2n) is 3.71. The first-order valence-corrected chi connectivity index (χ1v) is 5.40. The van der Waals surface area contributed by atoms with Gasteiger partial charge >= 0.3 is 5.97 Å². The lowest BCUT2D eigenvalue weighted by molar-refractivity contribution is -0.146. The number of carbonyl (C=O) groups is 1. The van der Waals surface area contributed by atoms with Gasteiger partial charge in [0.15, 0.2) is 6.10 Å². The molecule has 0 aromatic heterocycles. The van der Waals surface area contributed by atoms with Crippen LogP contribution in [0.3, 0.4) is 0 Å². The highest BCUT2D eigenvalue weighted by Crippen LogP contribution is 2.29. The minimum absolute atomic E-state index is 0.0113. The lowest BCUT2D eigenvalue weighted by Crippen LogP contribution is -2.38. The van der Waals surface area contributed by atoms with Crippen molar-refractivity contribution in [1.29, 1.82) is 0 Å². The maximum atomic E-state index is 10.6. The Balaban J connectivity index is 2.13. The summed E-state index contributed by atoms with van der Waals surface area (Å²) in [5, 5.41) is 18.3. The monoisotopic (exact) mass is 258 g/mol. The predicted molar refractivity (Wildman–Crippen MR) is 59.3 cm³/mol. The van der Waals surface area contributed by atoms with Crippen molar-refractivity contribution in [3.05, 3.63) is 28.8 Å². The molecule has 1 aliphatic rings. The Labute approximate surface area is 103 Å². The number of ether oxygens (including phenoxy) is 2. The summed E-state index contributed by atoms with van der Waals surface area (Å²) in [5.41, 5.74) is 0.222. The molecule has 1 atom stereocenters. The fourth-order valence-corrected chi connectivity index (χ4v) is 1.62. The van der Waals surface area contributed by atoms with E-state index in [-0.39, 0.29) is 16.7 Å². The Morgan fingerprint density at radius 2 is 2.24 bits per heavy atom. The second-order valence-corrected chi connectivity index (χ2v) is 4.12. The van der Waals surface area contributed by atoms with E-state index in [9.17, 15) is 9.90 Å². The summed E-state index contributed by atoms with van der Waals surface area (Å²) in [6, 6.07) is 4.40. The first kappa shape index (κ1) is 12.2. The van der Waals surface area contributed by atoms with Crippen LogP contribution in [-0.2, 0) is 9.53 Å². The summed E-state index contributed by atoms with van der Waals surface area (Å²) in [7, 11) is 0. The highest BCUT2D eigenvalue weighted by molar-refractivity contribution is 6.32. The van der Waals surface area contributed by atoms with Crippen LogP contribution in [0.25, 0.3) is 0 Å². The van der Waals surface area contributed by atoms with Gasteiger partial charge in [0.05, 0.1) is 18.2 Å². The van der Waals surface area contributed by atoms with E-state index in [1.54, 1.807) is 6.07 Å². The third kappa shape index (κ3) is 2.69. The van der Waals surface area contributed by atoms with Crippen LogP contribution in [0.5, 0.6) is 5.75 Å². The summed E-state index contributed by atoms with van der Waals surface area (Å²) < 4.78 is 10.4. The second kappa shape index (κ2) is 4.91. The number of aliphatic hydroxyl groups excluding tert-OH is 1. The zero-order valence-corrected chi connectivity index (χ0v) is 9.55. The van der Waals surface area contributed by atoms with Gasteiger partial charge in [-0.05, 0) is 17.7 Å². The molecule has 1 aromatic carbocycles. The van der Waals surface area contributed by atoms with Crippen molar-refractivity contribution in [2.24, 2.45) is 0 Å². The van der Waals surface area contributed by atoms with Gasteiger partial charge in [0.25, 0.3) is 0 Å². The van der Waals surface area contributed by atoms with Gasteiger partial charge in [0.2, 0.25) is 0 Å². The van der Waals surface area contributed by atoms with Gasteiger partial charge in [0, 0.05) is 0 Å². The van der Waals surface area contributed by atoms with Crippen molar-refractivity contribution >= 4 is 17.6 Å². The molecule has 6 heteroatoms. The number of benzene rings is 1. The Bertz CT molecular complexity index is 430. The molecule has 0 bridgehead atoms. The van der Waals surface area contributed by atoms with Crippen molar-refractivity contribution in [3.63, 3.8) is 0 Å². The maximum Gasteiger partial charge on any atom is 0.337 e. The first-order valence-electron chi connectivity index (χ1n) is 5.02. The summed E-state index contributed by atoms with van der Waals surface area (Å²) in [4.78, 5) is 10.6. The molecular weight excluding hydrogens is 248 g/mol. The Morgan fingerprint density at radius 3 is 2.71 bits per heavy atom. The quantitative estimate of drug-likeness (QED) is 0.850. The highest BCUT2D eigenvalue weighted by Gasteiger charge is 2.22. The van der Waals surface area contributed by atoms with E-state index in [0.29, 0.717) is 19.0 Å². The molecule has 5 nitrogen and oxygen atoms in total. The lowest BCUT2D eigenvalue weighted by Gasteiger charge is -2.27. The smallest absolute Gasteiger partial charge is 0.337 e. The lowest BCUT2D eigenvalue weighted by atomic mass is 10.1.